The third kappa shape index (κ3) is 4.12. The van der Waals surface area contributed by atoms with E-state index < -0.39 is 0 Å². The van der Waals surface area contributed by atoms with Crippen molar-refractivity contribution in [1.82, 2.24) is 9.78 Å². The molecule has 1 aromatic heterocycles. The average molecular weight is 211 g/mol. The highest BCUT2D eigenvalue weighted by Crippen LogP contribution is 1.91. The van der Waals surface area contributed by atoms with Crippen LogP contribution >= 0.6 is 0 Å². The van der Waals surface area contributed by atoms with Crippen molar-refractivity contribution >= 4 is 5.69 Å². The number of hydrogen-bond acceptors (Lipinski definition) is 4. The highest BCUT2D eigenvalue weighted by molar-refractivity contribution is 5.31. The predicted octanol–water partition coefficient (Wildman–Crippen LogP) is 0.642. The summed E-state index contributed by atoms with van der Waals surface area (Å²) in [7, 11) is 0. The van der Waals surface area contributed by atoms with Crippen molar-refractivity contribution in [2.45, 2.75) is 26.3 Å². The first-order valence-electron chi connectivity index (χ1n) is 5.14. The molecule has 0 saturated heterocycles. The van der Waals surface area contributed by atoms with Gasteiger partial charge in [-0.3, -0.25) is 4.79 Å². The molecule has 0 unspecified atom stereocenters. The van der Waals surface area contributed by atoms with Crippen molar-refractivity contribution in [3.8, 4) is 0 Å². The molecule has 0 amide bonds. The van der Waals surface area contributed by atoms with Gasteiger partial charge in [-0.25, -0.2) is 4.68 Å². The Morgan fingerprint density at radius 3 is 3.00 bits per heavy atom. The highest BCUT2D eigenvalue weighted by Gasteiger charge is 1.97. The Morgan fingerprint density at radius 2 is 2.33 bits per heavy atom. The Labute approximate surface area is 88.9 Å². The third-order valence-electron chi connectivity index (χ3n) is 1.98. The van der Waals surface area contributed by atoms with Crippen LogP contribution in [0.2, 0.25) is 0 Å². The Bertz CT molecular complexity index is 349. The summed E-state index contributed by atoms with van der Waals surface area (Å²) in [5, 5.41) is 3.89. The van der Waals surface area contributed by atoms with Crippen LogP contribution < -0.4 is 11.3 Å². The van der Waals surface area contributed by atoms with Gasteiger partial charge in [0.1, 0.15) is 0 Å². The molecule has 0 aliphatic carbocycles. The van der Waals surface area contributed by atoms with Gasteiger partial charge in [-0.1, -0.05) is 13.3 Å². The first kappa shape index (κ1) is 11.7. The predicted molar refractivity (Wildman–Crippen MR) is 58.6 cm³/mol. The molecular formula is C10H17N3O2. The fourth-order valence-electron chi connectivity index (χ4n) is 1.12. The van der Waals surface area contributed by atoms with Crippen LogP contribution in [0.4, 0.5) is 5.69 Å². The number of nitrogen functional groups attached to an aromatic ring is 1. The van der Waals surface area contributed by atoms with E-state index in [0.717, 1.165) is 19.4 Å². The van der Waals surface area contributed by atoms with E-state index in [4.69, 9.17) is 10.5 Å². The van der Waals surface area contributed by atoms with Crippen LogP contribution in [-0.4, -0.2) is 23.0 Å². The Morgan fingerprint density at radius 1 is 1.53 bits per heavy atom. The normalized spacial score (nSPS) is 10.5. The second-order valence-corrected chi connectivity index (χ2v) is 3.32. The Balaban J connectivity index is 2.34. The molecule has 5 nitrogen and oxygen atoms in total. The first-order valence-corrected chi connectivity index (χ1v) is 5.14. The first-order chi connectivity index (χ1) is 7.24. The van der Waals surface area contributed by atoms with Crippen LogP contribution in [0.25, 0.3) is 0 Å². The number of nitrogens with zero attached hydrogens (tertiary/aromatic N) is 2. The largest absolute Gasteiger partial charge is 0.397 e. The minimum absolute atomic E-state index is 0.186. The van der Waals surface area contributed by atoms with E-state index >= 15 is 0 Å². The zero-order valence-electron chi connectivity index (χ0n) is 8.98. The van der Waals surface area contributed by atoms with Crippen LogP contribution in [0.15, 0.2) is 17.1 Å². The molecule has 0 fully saturated rings. The molecule has 0 spiro atoms. The van der Waals surface area contributed by atoms with Crippen LogP contribution in [-0.2, 0) is 11.3 Å². The van der Waals surface area contributed by atoms with E-state index in [2.05, 4.69) is 12.0 Å². The minimum atomic E-state index is -0.186. The zero-order valence-corrected chi connectivity index (χ0v) is 8.98. The minimum Gasteiger partial charge on any atom is -0.397 e. The van der Waals surface area contributed by atoms with Gasteiger partial charge in [-0.2, -0.15) is 5.10 Å². The number of ether oxygens (including phenoxy) is 1. The van der Waals surface area contributed by atoms with Crippen LogP contribution in [0.3, 0.4) is 0 Å². The van der Waals surface area contributed by atoms with Gasteiger partial charge < -0.3 is 10.5 Å². The van der Waals surface area contributed by atoms with E-state index in [1.165, 1.54) is 16.9 Å². The maximum absolute atomic E-state index is 11.3. The third-order valence-corrected chi connectivity index (χ3v) is 1.98. The lowest BCUT2D eigenvalue weighted by atomic mass is 10.4. The fraction of sp³-hybridized carbons (Fsp3) is 0.600. The molecule has 15 heavy (non-hydrogen) atoms. The lowest BCUT2D eigenvalue weighted by Crippen LogP contribution is -2.24. The van der Waals surface area contributed by atoms with Crippen molar-refractivity contribution in [3.05, 3.63) is 22.6 Å². The molecular weight excluding hydrogens is 194 g/mol. The topological polar surface area (TPSA) is 70.1 Å². The molecule has 0 saturated carbocycles. The van der Waals surface area contributed by atoms with Gasteiger partial charge in [0.2, 0.25) is 0 Å². The van der Waals surface area contributed by atoms with Gasteiger partial charge in [0, 0.05) is 12.7 Å². The quantitative estimate of drug-likeness (QED) is 0.701. The van der Waals surface area contributed by atoms with E-state index in [0.29, 0.717) is 18.8 Å². The molecule has 0 aliphatic rings. The second kappa shape index (κ2) is 6.19. The van der Waals surface area contributed by atoms with Crippen LogP contribution in [0, 0.1) is 0 Å². The summed E-state index contributed by atoms with van der Waals surface area (Å²) in [5.74, 6) is 0. The summed E-state index contributed by atoms with van der Waals surface area (Å²) in [6.45, 7) is 3.83. The molecule has 0 aromatic carbocycles. The smallest absolute Gasteiger partial charge is 0.268 e. The molecule has 1 heterocycles. The zero-order chi connectivity index (χ0) is 11.1. The maximum atomic E-state index is 11.3. The van der Waals surface area contributed by atoms with E-state index in [-0.39, 0.29) is 5.56 Å². The molecule has 2 N–H and O–H groups in total. The summed E-state index contributed by atoms with van der Waals surface area (Å²) in [6, 6.07) is 1.36. The average Bonchev–Trinajstić information content (AvgIpc) is 2.20. The van der Waals surface area contributed by atoms with Crippen molar-refractivity contribution in [2.24, 2.45) is 0 Å². The summed E-state index contributed by atoms with van der Waals surface area (Å²) < 4.78 is 6.68. The van der Waals surface area contributed by atoms with Crippen molar-refractivity contribution in [2.75, 3.05) is 18.9 Å². The van der Waals surface area contributed by atoms with Gasteiger partial charge in [-0.05, 0) is 6.42 Å². The van der Waals surface area contributed by atoms with E-state index in [1.54, 1.807) is 0 Å². The van der Waals surface area contributed by atoms with Crippen molar-refractivity contribution in [3.63, 3.8) is 0 Å². The Kier molecular flexibility index (Phi) is 4.83. The molecule has 0 aliphatic heterocycles. The second-order valence-electron chi connectivity index (χ2n) is 3.32. The summed E-state index contributed by atoms with van der Waals surface area (Å²) in [4.78, 5) is 11.3. The molecule has 1 rings (SSSR count). The molecule has 0 bridgehead atoms. The number of rotatable bonds is 6. The number of unbranched alkanes of at least 4 members (excludes halogenated alkanes) is 1. The standard InChI is InChI=1S/C10H17N3O2/c1-2-3-5-15-6-4-13-10(14)7-9(11)8-12-13/h7-8H,2-6,11H2,1H3. The fourth-order valence-corrected chi connectivity index (χ4v) is 1.12. The number of aromatic nitrogens is 2. The van der Waals surface area contributed by atoms with Gasteiger partial charge in [0.25, 0.3) is 5.56 Å². The number of anilines is 1. The van der Waals surface area contributed by atoms with E-state index in [1.807, 2.05) is 0 Å². The van der Waals surface area contributed by atoms with E-state index in [9.17, 15) is 4.79 Å². The van der Waals surface area contributed by atoms with Crippen molar-refractivity contribution < 1.29 is 4.74 Å². The summed E-state index contributed by atoms with van der Waals surface area (Å²) in [6.07, 6.45) is 3.62. The van der Waals surface area contributed by atoms with Gasteiger partial charge in [-0.15, -0.1) is 0 Å². The van der Waals surface area contributed by atoms with Gasteiger partial charge >= 0.3 is 0 Å². The molecule has 1 aromatic rings. The van der Waals surface area contributed by atoms with Gasteiger partial charge in [0.05, 0.1) is 25.0 Å². The number of nitrogens with two attached hydrogens (primary N) is 1. The number of hydrogen-bond donors (Lipinski definition) is 1. The monoisotopic (exact) mass is 211 g/mol. The summed E-state index contributed by atoms with van der Waals surface area (Å²) >= 11 is 0. The highest BCUT2D eigenvalue weighted by atomic mass is 16.5. The maximum Gasteiger partial charge on any atom is 0.268 e. The molecule has 0 radical (unpaired) electrons. The molecule has 5 heteroatoms. The van der Waals surface area contributed by atoms with Crippen LogP contribution in [0.5, 0.6) is 0 Å². The lowest BCUT2D eigenvalue weighted by molar-refractivity contribution is 0.120. The molecule has 0 atom stereocenters. The summed E-state index contributed by atoms with van der Waals surface area (Å²) in [5.41, 5.74) is 5.62. The van der Waals surface area contributed by atoms with Crippen LogP contribution in [0.1, 0.15) is 19.8 Å². The SMILES string of the molecule is CCCCOCCn1ncc(N)cc1=O. The lowest BCUT2D eigenvalue weighted by Gasteiger charge is -2.05. The molecule has 84 valence electrons. The van der Waals surface area contributed by atoms with Crippen molar-refractivity contribution in [1.29, 1.82) is 0 Å². The Hall–Kier alpha value is -1.36. The van der Waals surface area contributed by atoms with Gasteiger partial charge in [0.15, 0.2) is 0 Å².